The molecule has 5 nitrogen and oxygen atoms in total. The van der Waals surface area contributed by atoms with Gasteiger partial charge < -0.3 is 8.98 Å². The number of hydrogen-bond acceptors (Lipinski definition) is 4. The van der Waals surface area contributed by atoms with E-state index in [4.69, 9.17) is 29.0 Å². The minimum atomic E-state index is -0.707. The molecule has 0 amide bonds. The molecule has 262 valence electrons. The van der Waals surface area contributed by atoms with Crippen molar-refractivity contribution >= 4 is 43.7 Å². The fourth-order valence-corrected chi connectivity index (χ4v) is 7.28. The van der Waals surface area contributed by atoms with Gasteiger partial charge in [0, 0.05) is 38.2 Å². The highest BCUT2D eigenvalue weighted by Gasteiger charge is 2.22. The maximum Gasteiger partial charge on any atom is 0.166 e. The average molecular weight is 729 g/mol. The minimum Gasteiger partial charge on any atom is -0.456 e. The molecule has 5 heteroatoms. The van der Waals surface area contributed by atoms with Crippen molar-refractivity contribution in [3.05, 3.63) is 194 Å². The molecule has 3 heterocycles. The molecule has 8 aromatic carbocycles. The van der Waals surface area contributed by atoms with Crippen molar-refractivity contribution in [1.29, 1.82) is 0 Å². The molecule has 11 aromatic rings. The molecule has 0 bridgehead atoms. The number of hydrogen-bond donors (Lipinski definition) is 0. The normalized spacial score (nSPS) is 14.6. The van der Waals surface area contributed by atoms with Crippen molar-refractivity contribution in [1.82, 2.24) is 19.5 Å². The van der Waals surface area contributed by atoms with Crippen molar-refractivity contribution < 1.29 is 20.9 Å². The SMILES string of the molecule is [2H]c1c([2H])c([2H])c(-c2c([2H])c([2H])c3c(c2[2H])c2c([2H])c([2H])c([2H])c([2H])c2n3-c2ccc(-c3cccc4oc5ccccc5c34)cc2-c2nc(-c3ccccc3)nc(-c3ccccc3)n2)c([2H])c1[2H]. The Morgan fingerprint density at radius 2 is 1.09 bits per heavy atom. The molecule has 56 heavy (non-hydrogen) atoms. The molecular weight excluding hydrogens is 685 g/mol. The molecule has 0 N–H and O–H groups in total. The van der Waals surface area contributed by atoms with Crippen LogP contribution in [0.1, 0.15) is 16.4 Å². The summed E-state index contributed by atoms with van der Waals surface area (Å²) in [7, 11) is 0. The van der Waals surface area contributed by atoms with Crippen LogP contribution in [0.5, 0.6) is 0 Å². The highest BCUT2D eigenvalue weighted by Crippen LogP contribution is 2.42. The van der Waals surface area contributed by atoms with Gasteiger partial charge in [0.1, 0.15) is 11.2 Å². The second kappa shape index (κ2) is 13.0. The molecule has 3 aromatic heterocycles. The summed E-state index contributed by atoms with van der Waals surface area (Å²) < 4.78 is 116. The summed E-state index contributed by atoms with van der Waals surface area (Å²) in [6.07, 6.45) is 0. The van der Waals surface area contributed by atoms with Gasteiger partial charge in [-0.15, -0.1) is 0 Å². The zero-order valence-electron chi connectivity index (χ0n) is 41.2. The summed E-state index contributed by atoms with van der Waals surface area (Å²) in [6, 6.07) is 29.9. The summed E-state index contributed by atoms with van der Waals surface area (Å²) in [5.74, 6) is 0.794. The summed E-state index contributed by atoms with van der Waals surface area (Å²) in [4.78, 5) is 15.1. The second-order valence-corrected chi connectivity index (χ2v) is 13.1. The van der Waals surface area contributed by atoms with Gasteiger partial charge in [-0.1, -0.05) is 151 Å². The van der Waals surface area contributed by atoms with E-state index >= 15 is 0 Å². The number of para-hydroxylation sites is 2. The number of nitrogens with zero attached hydrogens (tertiary/aromatic N) is 4. The van der Waals surface area contributed by atoms with Gasteiger partial charge in [0.2, 0.25) is 0 Å². The minimum absolute atomic E-state index is 0.136. The largest absolute Gasteiger partial charge is 0.456 e. The number of benzene rings is 8. The van der Waals surface area contributed by atoms with Crippen LogP contribution in [0.4, 0.5) is 0 Å². The first-order chi connectivity index (χ1) is 32.8. The van der Waals surface area contributed by atoms with Crippen molar-refractivity contribution in [3.8, 4) is 62.1 Å². The summed E-state index contributed by atoms with van der Waals surface area (Å²) in [5.41, 5.74) is 3.46. The third-order valence-corrected chi connectivity index (χ3v) is 9.80. The highest BCUT2D eigenvalue weighted by molar-refractivity contribution is 6.13. The van der Waals surface area contributed by atoms with Gasteiger partial charge in [0.05, 0.1) is 33.2 Å². The van der Waals surface area contributed by atoms with Gasteiger partial charge in [-0.05, 0) is 64.6 Å². The molecule has 0 saturated carbocycles. The Kier molecular flexibility index (Phi) is 5.10. The first-order valence-corrected chi connectivity index (χ1v) is 17.8. The smallest absolute Gasteiger partial charge is 0.166 e. The van der Waals surface area contributed by atoms with E-state index in [9.17, 15) is 6.85 Å². The molecule has 0 saturated heterocycles. The Balaban J connectivity index is 1.31. The molecule has 0 aliphatic heterocycles. The van der Waals surface area contributed by atoms with E-state index in [1.54, 1.807) is 6.07 Å². The molecule has 0 radical (unpaired) electrons. The lowest BCUT2D eigenvalue weighted by atomic mass is 9.96. The van der Waals surface area contributed by atoms with Crippen LogP contribution in [0.15, 0.2) is 198 Å². The Morgan fingerprint density at radius 3 is 1.88 bits per heavy atom. The lowest BCUT2D eigenvalue weighted by Crippen LogP contribution is -2.04. The monoisotopic (exact) mass is 728 g/mol. The molecule has 0 fully saturated rings. The van der Waals surface area contributed by atoms with Crippen LogP contribution in [0, 0.1) is 0 Å². The predicted molar refractivity (Wildman–Crippen MR) is 229 cm³/mol. The maximum absolute atomic E-state index is 9.74. The van der Waals surface area contributed by atoms with Crippen molar-refractivity contribution in [2.45, 2.75) is 0 Å². The third-order valence-electron chi connectivity index (χ3n) is 9.80. The zero-order chi connectivity index (χ0) is 47.4. The van der Waals surface area contributed by atoms with Crippen molar-refractivity contribution in [2.24, 2.45) is 0 Å². The van der Waals surface area contributed by atoms with Gasteiger partial charge in [-0.2, -0.15) is 0 Å². The van der Waals surface area contributed by atoms with Crippen LogP contribution in [-0.4, -0.2) is 19.5 Å². The lowest BCUT2D eigenvalue weighted by molar-refractivity contribution is 0.669. The molecule has 0 aliphatic carbocycles. The summed E-state index contributed by atoms with van der Waals surface area (Å²) >= 11 is 0. The molecule has 0 aliphatic rings. The predicted octanol–water partition coefficient (Wildman–Crippen LogP) is 13.2. The number of rotatable bonds is 6. The molecule has 0 atom stereocenters. The Morgan fingerprint density at radius 1 is 0.429 bits per heavy atom. The maximum atomic E-state index is 9.74. The van der Waals surface area contributed by atoms with E-state index in [2.05, 4.69) is 0 Å². The first kappa shape index (κ1) is 21.9. The number of aromatic nitrogens is 4. The third kappa shape index (κ3) is 5.29. The van der Waals surface area contributed by atoms with Crippen LogP contribution in [0.25, 0.3) is 106 Å². The van der Waals surface area contributed by atoms with Gasteiger partial charge in [0.15, 0.2) is 17.5 Å². The fourth-order valence-electron chi connectivity index (χ4n) is 7.28. The van der Waals surface area contributed by atoms with Crippen LogP contribution < -0.4 is 0 Å². The van der Waals surface area contributed by atoms with Gasteiger partial charge >= 0.3 is 0 Å². The second-order valence-electron chi connectivity index (χ2n) is 13.1. The molecule has 0 spiro atoms. The number of fused-ring (bicyclic) bond motifs is 6. The Hall–Kier alpha value is -7.63. The van der Waals surface area contributed by atoms with Crippen LogP contribution in [0.2, 0.25) is 0 Å². The van der Waals surface area contributed by atoms with Crippen LogP contribution >= 0.6 is 0 Å². The average Bonchev–Trinajstić information content (AvgIpc) is 3.94. The Labute approximate surface area is 339 Å². The van der Waals surface area contributed by atoms with Gasteiger partial charge in [-0.25, -0.2) is 15.0 Å². The van der Waals surface area contributed by atoms with Crippen molar-refractivity contribution in [2.75, 3.05) is 0 Å². The molecular formula is C51H32N4O. The topological polar surface area (TPSA) is 56.7 Å². The van der Waals surface area contributed by atoms with Gasteiger partial charge in [-0.3, -0.25) is 0 Å². The van der Waals surface area contributed by atoms with E-state index < -0.39 is 83.6 Å². The van der Waals surface area contributed by atoms with Crippen LogP contribution in [-0.2, 0) is 0 Å². The van der Waals surface area contributed by atoms with E-state index in [-0.39, 0.29) is 33.3 Å². The summed E-state index contributed by atoms with van der Waals surface area (Å²) in [6.45, 7) is 0. The van der Waals surface area contributed by atoms with Crippen molar-refractivity contribution in [3.63, 3.8) is 0 Å². The first-order valence-electron chi connectivity index (χ1n) is 23.8. The Bertz CT molecular complexity index is 3860. The number of furan rings is 1. The molecule has 0 unspecified atom stereocenters. The lowest BCUT2D eigenvalue weighted by Gasteiger charge is -2.17. The standard InChI is InChI=1S/C51H32N4O/c1-4-15-33(16-5-1)36-27-29-44-41(31-36)39-21-10-12-24-43(39)55(44)45-30-28-37(38-23-14-26-47-48(38)40-22-11-13-25-46(40)56-47)32-42(45)51-53-49(34-17-6-2-7-18-34)52-50(54-51)35-19-8-3-9-20-35/h1-32H/i1D,4D,5D,10D,12D,15D,16D,21D,24D,27D,29D,31D. The summed E-state index contributed by atoms with van der Waals surface area (Å²) in [5, 5.41) is 1.35. The quantitative estimate of drug-likeness (QED) is 0.171. The molecule has 11 rings (SSSR count). The van der Waals surface area contributed by atoms with E-state index in [0.717, 1.165) is 16.3 Å². The van der Waals surface area contributed by atoms with Crippen LogP contribution in [0.3, 0.4) is 0 Å². The van der Waals surface area contributed by atoms with E-state index in [1.165, 1.54) is 4.57 Å². The van der Waals surface area contributed by atoms with E-state index in [0.29, 0.717) is 45.1 Å². The van der Waals surface area contributed by atoms with Gasteiger partial charge in [0.25, 0.3) is 0 Å². The fraction of sp³-hybridized carbons (Fsp3) is 0. The highest BCUT2D eigenvalue weighted by atomic mass is 16.3. The van der Waals surface area contributed by atoms with E-state index in [1.807, 2.05) is 115 Å². The zero-order valence-corrected chi connectivity index (χ0v) is 29.2.